The molecule has 10 heteroatoms. The van der Waals surface area contributed by atoms with Crippen molar-refractivity contribution in [2.24, 2.45) is 0 Å². The number of hydrogen-bond acceptors (Lipinski definition) is 6. The van der Waals surface area contributed by atoms with Crippen LogP contribution in [0.15, 0.2) is 30.5 Å². The summed E-state index contributed by atoms with van der Waals surface area (Å²) in [5.41, 5.74) is -0.542. The summed E-state index contributed by atoms with van der Waals surface area (Å²) in [7, 11) is -3.92. The fourth-order valence-corrected chi connectivity index (χ4v) is 2.07. The van der Waals surface area contributed by atoms with Crippen LogP contribution >= 0.6 is 0 Å². The number of carbonyl (C=O) groups excluding carboxylic acids is 1. The third kappa shape index (κ3) is 4.23. The monoisotopic (exact) mass is 353 g/mol. The molecule has 7 nitrogen and oxygen atoms in total. The summed E-state index contributed by atoms with van der Waals surface area (Å²) in [6, 6.07) is 5.57. The zero-order valence-electron chi connectivity index (χ0n) is 12.1. The summed E-state index contributed by atoms with van der Waals surface area (Å²) in [5, 5.41) is 8.64. The number of carbonyl (C=O) groups is 1. The Bertz CT molecular complexity index is 938. The highest BCUT2D eigenvalue weighted by Gasteiger charge is 2.20. The molecule has 24 heavy (non-hydrogen) atoms. The largest absolute Gasteiger partial charge is 0.436 e. The lowest BCUT2D eigenvalue weighted by molar-refractivity contribution is 0.0977. The van der Waals surface area contributed by atoms with Gasteiger partial charge in [-0.25, -0.2) is 26.9 Å². The van der Waals surface area contributed by atoms with Gasteiger partial charge in [0, 0.05) is 18.3 Å². The lowest BCUT2D eigenvalue weighted by Gasteiger charge is -2.09. The summed E-state index contributed by atoms with van der Waals surface area (Å²) in [6.45, 7) is 0. The fraction of sp³-hybridized carbons (Fsp3) is 0.0714. The van der Waals surface area contributed by atoms with Crippen molar-refractivity contribution in [3.8, 4) is 17.7 Å². The Morgan fingerprint density at radius 2 is 2.00 bits per heavy atom. The van der Waals surface area contributed by atoms with Crippen molar-refractivity contribution >= 4 is 15.9 Å². The van der Waals surface area contributed by atoms with Crippen LogP contribution in [0.5, 0.6) is 11.6 Å². The van der Waals surface area contributed by atoms with Gasteiger partial charge in [0.2, 0.25) is 15.9 Å². The van der Waals surface area contributed by atoms with Gasteiger partial charge in [0.05, 0.1) is 17.4 Å². The lowest BCUT2D eigenvalue weighted by Crippen LogP contribution is -2.30. The number of amides is 1. The van der Waals surface area contributed by atoms with Crippen LogP contribution in [-0.4, -0.2) is 25.6 Å². The van der Waals surface area contributed by atoms with Gasteiger partial charge in [0.1, 0.15) is 11.9 Å². The van der Waals surface area contributed by atoms with Crippen molar-refractivity contribution < 1.29 is 26.7 Å². The first-order valence-corrected chi connectivity index (χ1v) is 8.14. The molecule has 0 saturated heterocycles. The van der Waals surface area contributed by atoms with E-state index in [2.05, 4.69) is 4.98 Å². The van der Waals surface area contributed by atoms with Gasteiger partial charge in [0.15, 0.2) is 11.6 Å². The van der Waals surface area contributed by atoms with Crippen molar-refractivity contribution in [3.63, 3.8) is 0 Å². The fourth-order valence-electron chi connectivity index (χ4n) is 1.62. The molecule has 0 bridgehead atoms. The Balaban J connectivity index is 2.29. The molecular weight excluding hydrogens is 344 g/mol. The molecule has 1 N–H and O–H groups in total. The number of sulfonamides is 1. The number of ether oxygens (including phenoxy) is 1. The molecule has 0 spiro atoms. The molecule has 0 atom stereocenters. The quantitative estimate of drug-likeness (QED) is 0.896. The number of pyridine rings is 1. The SMILES string of the molecule is CS(=O)(=O)NC(=O)c1cc(F)c(Oc2ccc(C#N)cn2)cc1F. The van der Waals surface area contributed by atoms with E-state index in [9.17, 15) is 22.0 Å². The Kier molecular flexibility index (Phi) is 4.75. The highest BCUT2D eigenvalue weighted by Crippen LogP contribution is 2.26. The summed E-state index contributed by atoms with van der Waals surface area (Å²) in [6.07, 6.45) is 1.88. The Morgan fingerprint density at radius 3 is 2.54 bits per heavy atom. The topological polar surface area (TPSA) is 109 Å². The predicted octanol–water partition coefficient (Wildman–Crippen LogP) is 1.71. The molecule has 0 aliphatic heterocycles. The number of hydrogen-bond donors (Lipinski definition) is 1. The van der Waals surface area contributed by atoms with E-state index in [1.54, 1.807) is 0 Å². The Hall–Kier alpha value is -3.06. The second-order valence-corrected chi connectivity index (χ2v) is 6.31. The molecule has 0 aliphatic rings. The molecule has 0 unspecified atom stereocenters. The zero-order valence-corrected chi connectivity index (χ0v) is 12.9. The van der Waals surface area contributed by atoms with Crippen LogP contribution in [0.25, 0.3) is 0 Å². The van der Waals surface area contributed by atoms with Crippen LogP contribution in [-0.2, 0) is 10.0 Å². The van der Waals surface area contributed by atoms with Crippen molar-refractivity contribution in [1.29, 1.82) is 5.26 Å². The van der Waals surface area contributed by atoms with Gasteiger partial charge in [0.25, 0.3) is 5.91 Å². The van der Waals surface area contributed by atoms with Gasteiger partial charge in [-0.15, -0.1) is 0 Å². The second-order valence-electron chi connectivity index (χ2n) is 4.56. The molecule has 1 aromatic carbocycles. The van der Waals surface area contributed by atoms with E-state index < -0.39 is 38.9 Å². The van der Waals surface area contributed by atoms with E-state index in [1.807, 2.05) is 6.07 Å². The second kappa shape index (κ2) is 6.59. The summed E-state index contributed by atoms with van der Waals surface area (Å²) < 4.78 is 56.4. The normalized spacial score (nSPS) is 10.8. The number of nitrogens with one attached hydrogen (secondary N) is 1. The standard InChI is InChI=1S/C14H9F2N3O4S/c1-24(21,22)19-14(20)9-4-11(16)12(5-10(9)15)23-13-3-2-8(6-17)7-18-13/h2-5,7H,1H3,(H,19,20). The van der Waals surface area contributed by atoms with Gasteiger partial charge in [-0.1, -0.05) is 0 Å². The molecule has 0 radical (unpaired) electrons. The maximum absolute atomic E-state index is 14.0. The number of halogens is 2. The molecule has 1 amide bonds. The van der Waals surface area contributed by atoms with Gasteiger partial charge in [-0.3, -0.25) is 4.79 Å². The summed E-state index contributed by atoms with van der Waals surface area (Å²) >= 11 is 0. The van der Waals surface area contributed by atoms with Crippen molar-refractivity contribution in [3.05, 3.63) is 53.2 Å². The van der Waals surface area contributed by atoms with Crippen LogP contribution in [0.2, 0.25) is 0 Å². The average Bonchev–Trinajstić information content (AvgIpc) is 2.49. The van der Waals surface area contributed by atoms with E-state index in [-0.39, 0.29) is 11.4 Å². The van der Waals surface area contributed by atoms with Crippen LogP contribution in [0, 0.1) is 23.0 Å². The number of nitrogens with zero attached hydrogens (tertiary/aromatic N) is 2. The van der Waals surface area contributed by atoms with Crippen molar-refractivity contribution in [2.45, 2.75) is 0 Å². The zero-order chi connectivity index (χ0) is 17.9. The number of rotatable bonds is 4. The van der Waals surface area contributed by atoms with Gasteiger partial charge >= 0.3 is 0 Å². The van der Waals surface area contributed by atoms with E-state index >= 15 is 0 Å². The Labute approximate surface area is 135 Å². The van der Waals surface area contributed by atoms with Crippen LogP contribution in [0.4, 0.5) is 8.78 Å². The van der Waals surface area contributed by atoms with Gasteiger partial charge in [-0.2, -0.15) is 5.26 Å². The molecule has 2 aromatic rings. The van der Waals surface area contributed by atoms with E-state index in [1.165, 1.54) is 23.1 Å². The first kappa shape index (κ1) is 17.3. The van der Waals surface area contributed by atoms with Crippen molar-refractivity contribution in [1.82, 2.24) is 9.71 Å². The maximum atomic E-state index is 14.0. The molecule has 0 saturated carbocycles. The molecule has 0 aliphatic carbocycles. The minimum absolute atomic E-state index is 0.0966. The highest BCUT2D eigenvalue weighted by atomic mass is 32.2. The van der Waals surface area contributed by atoms with E-state index in [0.29, 0.717) is 18.4 Å². The minimum Gasteiger partial charge on any atom is -0.436 e. The molecule has 124 valence electrons. The average molecular weight is 353 g/mol. The molecule has 0 fully saturated rings. The summed E-state index contributed by atoms with van der Waals surface area (Å²) in [5.74, 6) is -4.24. The lowest BCUT2D eigenvalue weighted by atomic mass is 10.2. The van der Waals surface area contributed by atoms with Crippen LogP contribution in [0.3, 0.4) is 0 Å². The highest BCUT2D eigenvalue weighted by molar-refractivity contribution is 7.89. The first-order valence-electron chi connectivity index (χ1n) is 6.25. The molecule has 1 heterocycles. The first-order chi connectivity index (χ1) is 11.2. The van der Waals surface area contributed by atoms with Crippen LogP contribution < -0.4 is 9.46 Å². The van der Waals surface area contributed by atoms with Crippen molar-refractivity contribution in [2.75, 3.05) is 6.26 Å². The van der Waals surface area contributed by atoms with E-state index in [0.717, 1.165) is 0 Å². The number of nitriles is 1. The third-order valence-electron chi connectivity index (χ3n) is 2.62. The molecule has 2 rings (SSSR count). The third-order valence-corrected chi connectivity index (χ3v) is 3.18. The number of aromatic nitrogens is 1. The number of benzene rings is 1. The minimum atomic E-state index is -3.92. The Morgan fingerprint density at radius 1 is 1.29 bits per heavy atom. The van der Waals surface area contributed by atoms with Gasteiger partial charge in [-0.05, 0) is 12.1 Å². The summed E-state index contributed by atoms with van der Waals surface area (Å²) in [4.78, 5) is 15.3. The molecular formula is C14H9F2N3O4S. The molecule has 1 aromatic heterocycles. The predicted molar refractivity (Wildman–Crippen MR) is 77.7 cm³/mol. The van der Waals surface area contributed by atoms with Gasteiger partial charge < -0.3 is 4.74 Å². The smallest absolute Gasteiger partial charge is 0.267 e. The van der Waals surface area contributed by atoms with Crippen LogP contribution in [0.1, 0.15) is 15.9 Å². The maximum Gasteiger partial charge on any atom is 0.267 e. The van der Waals surface area contributed by atoms with E-state index in [4.69, 9.17) is 10.00 Å².